The average molecular weight is 434 g/mol. The van der Waals surface area contributed by atoms with Gasteiger partial charge in [0.25, 0.3) is 0 Å². The van der Waals surface area contributed by atoms with Crippen molar-refractivity contribution in [1.82, 2.24) is 29.6 Å². The molecule has 0 spiro atoms. The van der Waals surface area contributed by atoms with Gasteiger partial charge in [-0.3, -0.25) is 4.79 Å². The van der Waals surface area contributed by atoms with Crippen LogP contribution in [-0.4, -0.2) is 42.1 Å². The first-order valence-electron chi connectivity index (χ1n) is 10.4. The molecule has 1 aliphatic heterocycles. The minimum Gasteiger partial charge on any atom is -0.337 e. The topological polar surface area (TPSA) is 88.8 Å². The van der Waals surface area contributed by atoms with Gasteiger partial charge in [-0.25, -0.2) is 19.6 Å². The number of rotatable bonds is 5. The smallest absolute Gasteiger partial charge is 0.223 e. The Kier molecular flexibility index (Phi) is 5.11. The Morgan fingerprint density at radius 1 is 1.23 bits per heavy atom. The van der Waals surface area contributed by atoms with Crippen LogP contribution in [0.15, 0.2) is 42.9 Å². The van der Waals surface area contributed by atoms with Gasteiger partial charge in [-0.15, -0.1) is 0 Å². The van der Waals surface area contributed by atoms with Gasteiger partial charge in [0.1, 0.15) is 12.1 Å². The normalized spacial score (nSPS) is 13.6. The van der Waals surface area contributed by atoms with Crippen molar-refractivity contribution in [3.8, 4) is 5.69 Å². The van der Waals surface area contributed by atoms with Crippen molar-refractivity contribution >= 4 is 39.2 Å². The van der Waals surface area contributed by atoms with Gasteiger partial charge in [0.2, 0.25) is 5.91 Å². The molecular formula is C22H23N7OS. The van der Waals surface area contributed by atoms with E-state index in [0.29, 0.717) is 24.7 Å². The van der Waals surface area contributed by atoms with E-state index in [9.17, 15) is 4.79 Å². The number of thiazole rings is 1. The van der Waals surface area contributed by atoms with E-state index >= 15 is 0 Å². The molecule has 1 aromatic carbocycles. The van der Waals surface area contributed by atoms with Gasteiger partial charge >= 0.3 is 0 Å². The number of carbonyl (C=O) groups excluding carboxylic acids is 1. The molecule has 3 aromatic heterocycles. The van der Waals surface area contributed by atoms with E-state index in [0.717, 1.165) is 45.4 Å². The van der Waals surface area contributed by atoms with E-state index in [1.54, 1.807) is 22.2 Å². The molecular weight excluding hydrogens is 410 g/mol. The number of hydrogen-bond acceptors (Lipinski definition) is 7. The zero-order valence-corrected chi connectivity index (χ0v) is 18.3. The number of benzene rings is 1. The number of nitrogens with one attached hydrogen (secondary N) is 1. The second kappa shape index (κ2) is 8.07. The summed E-state index contributed by atoms with van der Waals surface area (Å²) in [4.78, 5) is 29.1. The van der Waals surface area contributed by atoms with E-state index < -0.39 is 0 Å². The lowest BCUT2D eigenvalue weighted by Crippen LogP contribution is -2.36. The van der Waals surface area contributed by atoms with Gasteiger partial charge in [-0.2, -0.15) is 5.10 Å². The first kappa shape index (κ1) is 19.6. The van der Waals surface area contributed by atoms with Gasteiger partial charge in [0, 0.05) is 24.3 Å². The summed E-state index contributed by atoms with van der Waals surface area (Å²) in [6.07, 6.45) is 4.67. The van der Waals surface area contributed by atoms with Crippen LogP contribution in [0.3, 0.4) is 0 Å². The molecule has 0 radical (unpaired) electrons. The molecule has 4 aromatic rings. The van der Waals surface area contributed by atoms with Crippen LogP contribution in [0.4, 0.5) is 10.9 Å². The van der Waals surface area contributed by atoms with Crippen molar-refractivity contribution in [1.29, 1.82) is 0 Å². The highest BCUT2D eigenvalue weighted by Crippen LogP contribution is 2.32. The fraction of sp³-hybridized carbons (Fsp3) is 0.318. The molecule has 1 amide bonds. The van der Waals surface area contributed by atoms with Crippen LogP contribution in [0.5, 0.6) is 0 Å². The summed E-state index contributed by atoms with van der Waals surface area (Å²) >= 11 is 1.58. The molecule has 0 aliphatic carbocycles. The highest BCUT2D eigenvalue weighted by molar-refractivity contribution is 7.15. The molecule has 31 heavy (non-hydrogen) atoms. The van der Waals surface area contributed by atoms with Crippen LogP contribution in [0, 0.1) is 5.92 Å². The molecule has 8 nitrogen and oxygen atoms in total. The standard InChI is InChI=1S/C22H23N7OS/c1-14(2)10-19(30)28-9-8-17-18(12-28)31-22(26-17)27-20-16-11-25-29(21(16)24-13-23-20)15-6-4-3-5-7-15/h3-7,11,13-14H,8-10,12H2,1-2H3,(H,23,24,26,27). The van der Waals surface area contributed by atoms with Gasteiger partial charge in [-0.1, -0.05) is 43.4 Å². The van der Waals surface area contributed by atoms with Crippen molar-refractivity contribution in [3.63, 3.8) is 0 Å². The third kappa shape index (κ3) is 3.88. The number of carbonyl (C=O) groups is 1. The summed E-state index contributed by atoms with van der Waals surface area (Å²) < 4.78 is 1.80. The first-order valence-corrected chi connectivity index (χ1v) is 11.2. The molecule has 1 aliphatic rings. The Labute approximate surface area is 184 Å². The Bertz CT molecular complexity index is 1230. The number of anilines is 2. The van der Waals surface area contributed by atoms with Crippen LogP contribution in [0.1, 0.15) is 30.8 Å². The lowest BCUT2D eigenvalue weighted by atomic mass is 10.1. The van der Waals surface area contributed by atoms with Crippen LogP contribution in [0.2, 0.25) is 0 Å². The summed E-state index contributed by atoms with van der Waals surface area (Å²) in [5.74, 6) is 1.25. The predicted octanol–water partition coefficient (Wildman–Crippen LogP) is 3.95. The van der Waals surface area contributed by atoms with Crippen molar-refractivity contribution in [3.05, 3.63) is 53.4 Å². The number of aromatic nitrogens is 5. The minimum absolute atomic E-state index is 0.217. The second-order valence-electron chi connectivity index (χ2n) is 8.03. The number of hydrogen-bond donors (Lipinski definition) is 1. The maximum Gasteiger partial charge on any atom is 0.223 e. The number of nitrogens with zero attached hydrogens (tertiary/aromatic N) is 6. The van der Waals surface area contributed by atoms with Gasteiger partial charge in [0.05, 0.1) is 29.5 Å². The van der Waals surface area contributed by atoms with Crippen LogP contribution in [0.25, 0.3) is 16.7 Å². The van der Waals surface area contributed by atoms with Gasteiger partial charge < -0.3 is 10.2 Å². The second-order valence-corrected chi connectivity index (χ2v) is 9.11. The fourth-order valence-electron chi connectivity index (χ4n) is 3.74. The van der Waals surface area contributed by atoms with Crippen LogP contribution >= 0.6 is 11.3 Å². The van der Waals surface area contributed by atoms with Crippen LogP contribution < -0.4 is 5.32 Å². The largest absolute Gasteiger partial charge is 0.337 e. The fourth-order valence-corrected chi connectivity index (χ4v) is 4.77. The number of amides is 1. The molecule has 0 bridgehead atoms. The molecule has 0 saturated heterocycles. The quantitative estimate of drug-likeness (QED) is 0.513. The molecule has 0 unspecified atom stereocenters. The van der Waals surface area contributed by atoms with E-state index in [-0.39, 0.29) is 5.91 Å². The molecule has 4 heterocycles. The Morgan fingerprint density at radius 2 is 2.06 bits per heavy atom. The number of fused-ring (bicyclic) bond motifs is 2. The van der Waals surface area contributed by atoms with Gasteiger partial charge in [-0.05, 0) is 18.1 Å². The third-order valence-corrected chi connectivity index (χ3v) is 6.26. The highest BCUT2D eigenvalue weighted by Gasteiger charge is 2.25. The Hall–Kier alpha value is -3.33. The van der Waals surface area contributed by atoms with E-state index in [2.05, 4.69) is 34.2 Å². The number of para-hydroxylation sites is 1. The minimum atomic E-state index is 0.217. The average Bonchev–Trinajstić information content (AvgIpc) is 3.37. The van der Waals surface area contributed by atoms with E-state index in [1.807, 2.05) is 35.2 Å². The third-order valence-electron chi connectivity index (χ3n) is 5.26. The van der Waals surface area contributed by atoms with Crippen molar-refractivity contribution in [2.45, 2.75) is 33.2 Å². The predicted molar refractivity (Wildman–Crippen MR) is 121 cm³/mol. The summed E-state index contributed by atoms with van der Waals surface area (Å²) in [6.45, 7) is 5.50. The summed E-state index contributed by atoms with van der Waals surface area (Å²) in [7, 11) is 0. The van der Waals surface area contributed by atoms with Crippen molar-refractivity contribution in [2.24, 2.45) is 5.92 Å². The highest BCUT2D eigenvalue weighted by atomic mass is 32.1. The molecule has 1 N–H and O–H groups in total. The van der Waals surface area contributed by atoms with Crippen molar-refractivity contribution in [2.75, 3.05) is 11.9 Å². The summed E-state index contributed by atoms with van der Waals surface area (Å²) in [6, 6.07) is 9.89. The lowest BCUT2D eigenvalue weighted by molar-refractivity contribution is -0.132. The zero-order valence-electron chi connectivity index (χ0n) is 17.4. The van der Waals surface area contributed by atoms with Crippen LogP contribution in [-0.2, 0) is 17.8 Å². The molecule has 0 saturated carbocycles. The van der Waals surface area contributed by atoms with E-state index in [4.69, 9.17) is 4.98 Å². The zero-order chi connectivity index (χ0) is 21.4. The maximum absolute atomic E-state index is 12.5. The molecule has 158 valence electrons. The van der Waals surface area contributed by atoms with Gasteiger partial charge in [0.15, 0.2) is 10.8 Å². The molecule has 5 rings (SSSR count). The Morgan fingerprint density at radius 3 is 2.87 bits per heavy atom. The molecule has 9 heteroatoms. The monoisotopic (exact) mass is 433 g/mol. The summed E-state index contributed by atoms with van der Waals surface area (Å²) in [5, 5.41) is 9.44. The maximum atomic E-state index is 12.5. The first-order chi connectivity index (χ1) is 15.1. The summed E-state index contributed by atoms with van der Waals surface area (Å²) in [5.41, 5.74) is 2.74. The Balaban J connectivity index is 1.39. The SMILES string of the molecule is CC(C)CC(=O)N1CCc2nc(Nc3ncnc4c3cnn4-c3ccccc3)sc2C1. The molecule has 0 atom stereocenters. The molecule has 0 fully saturated rings. The lowest BCUT2D eigenvalue weighted by Gasteiger charge is -2.26. The van der Waals surface area contributed by atoms with E-state index in [1.165, 1.54) is 6.33 Å². The van der Waals surface area contributed by atoms with Crippen molar-refractivity contribution < 1.29 is 4.79 Å².